The van der Waals surface area contributed by atoms with Gasteiger partial charge < -0.3 is 19.1 Å². The van der Waals surface area contributed by atoms with Crippen molar-refractivity contribution in [2.24, 2.45) is 0 Å². The highest BCUT2D eigenvalue weighted by Gasteiger charge is 2.58. The SMILES string of the molecule is CCOP1(=O)CCN(Cc2ccccc2-c2cncnc2)C[C@@]1(CCCCN(C(=O)OC(C)(C)C)C(=O)OC(C)(C)C)C(=O)O. The molecule has 0 aliphatic carbocycles. The molecule has 12 nitrogen and oxygen atoms in total. The molecule has 13 heteroatoms. The molecule has 0 spiro atoms. The van der Waals surface area contributed by atoms with E-state index >= 15 is 0 Å². The lowest BCUT2D eigenvalue weighted by Crippen LogP contribution is -2.54. The largest absolute Gasteiger partial charge is 0.480 e. The van der Waals surface area contributed by atoms with Gasteiger partial charge >= 0.3 is 18.2 Å². The molecular formula is C32H47N4O8P. The Morgan fingerprint density at radius 2 is 1.60 bits per heavy atom. The normalized spacial score (nSPS) is 20.8. The molecule has 1 unspecified atom stereocenters. The Morgan fingerprint density at radius 3 is 2.16 bits per heavy atom. The van der Waals surface area contributed by atoms with E-state index in [0.29, 0.717) is 13.1 Å². The van der Waals surface area contributed by atoms with Gasteiger partial charge in [-0.2, -0.15) is 0 Å². The zero-order valence-electron chi connectivity index (χ0n) is 27.4. The van der Waals surface area contributed by atoms with Crippen molar-refractivity contribution in [3.05, 3.63) is 48.5 Å². The summed E-state index contributed by atoms with van der Waals surface area (Å²) >= 11 is 0. The molecule has 2 aromatic rings. The van der Waals surface area contributed by atoms with Crippen molar-refractivity contribution < 1.29 is 38.1 Å². The maximum absolute atomic E-state index is 14.3. The summed E-state index contributed by atoms with van der Waals surface area (Å²) in [5.74, 6) is -1.19. The van der Waals surface area contributed by atoms with Crippen LogP contribution in [0, 0.1) is 0 Å². The lowest BCUT2D eigenvalue weighted by atomic mass is 9.98. The number of amides is 2. The molecular weight excluding hydrogens is 599 g/mol. The molecule has 3 rings (SSSR count). The first-order valence-electron chi connectivity index (χ1n) is 15.3. The van der Waals surface area contributed by atoms with Crippen LogP contribution in [0.15, 0.2) is 43.0 Å². The van der Waals surface area contributed by atoms with Crippen molar-refractivity contribution in [3.63, 3.8) is 0 Å². The smallest absolute Gasteiger partial charge is 0.419 e. The number of ether oxygens (including phenoxy) is 2. The predicted molar refractivity (Wildman–Crippen MR) is 170 cm³/mol. The summed E-state index contributed by atoms with van der Waals surface area (Å²) in [6, 6.07) is 7.78. The van der Waals surface area contributed by atoms with Crippen LogP contribution in [0.2, 0.25) is 0 Å². The lowest BCUT2D eigenvalue weighted by Gasteiger charge is -2.45. The standard InChI is InChI=1S/C32H47N4O8P/c1-8-42-45(41)18-17-35(21-24-13-9-10-14-26(24)25-19-33-23-34-20-25)22-32(45,27(37)38)15-11-12-16-36(28(39)43-30(2,3)4)29(40)44-31(5,6)7/h9-10,13-14,19-20,23H,8,11-12,15-18,21-22H2,1-7H3,(H,37,38)/t32-,45?/m0/s1. The third kappa shape index (κ3) is 9.58. The number of benzene rings is 1. The van der Waals surface area contributed by atoms with E-state index in [0.717, 1.165) is 21.6 Å². The monoisotopic (exact) mass is 646 g/mol. The molecule has 0 radical (unpaired) electrons. The van der Waals surface area contributed by atoms with E-state index in [1.807, 2.05) is 29.2 Å². The Balaban J connectivity index is 1.82. The van der Waals surface area contributed by atoms with Crippen LogP contribution in [-0.2, 0) is 29.9 Å². The second-order valence-electron chi connectivity index (χ2n) is 13.2. The van der Waals surface area contributed by atoms with Crippen LogP contribution >= 0.6 is 7.37 Å². The van der Waals surface area contributed by atoms with Gasteiger partial charge in [-0.05, 0) is 78.9 Å². The van der Waals surface area contributed by atoms with Crippen molar-refractivity contribution in [3.8, 4) is 11.1 Å². The maximum atomic E-state index is 14.3. The minimum atomic E-state index is -3.64. The minimum Gasteiger partial charge on any atom is -0.480 e. The predicted octanol–water partition coefficient (Wildman–Crippen LogP) is 6.44. The number of hydrogen-bond acceptors (Lipinski definition) is 10. The van der Waals surface area contributed by atoms with Crippen molar-refractivity contribution in [2.75, 3.05) is 32.4 Å². The summed E-state index contributed by atoms with van der Waals surface area (Å²) in [5.41, 5.74) is 1.06. The van der Waals surface area contributed by atoms with Gasteiger partial charge in [-0.25, -0.2) is 24.5 Å². The number of nitrogens with zero attached hydrogens (tertiary/aromatic N) is 4. The third-order valence-corrected chi connectivity index (χ3v) is 10.6. The third-order valence-electron chi connectivity index (χ3n) is 7.32. The van der Waals surface area contributed by atoms with Crippen molar-refractivity contribution in [1.29, 1.82) is 0 Å². The van der Waals surface area contributed by atoms with Gasteiger partial charge in [0.2, 0.25) is 7.37 Å². The molecule has 0 saturated carbocycles. The molecule has 248 valence electrons. The van der Waals surface area contributed by atoms with E-state index in [2.05, 4.69) is 9.97 Å². The van der Waals surface area contributed by atoms with Gasteiger partial charge in [0.05, 0.1) is 6.61 Å². The molecule has 1 aromatic heterocycles. The molecule has 45 heavy (non-hydrogen) atoms. The fourth-order valence-corrected chi connectivity index (χ4v) is 8.32. The summed E-state index contributed by atoms with van der Waals surface area (Å²) in [4.78, 5) is 50.0. The molecule has 1 fully saturated rings. The molecule has 0 bridgehead atoms. The van der Waals surface area contributed by atoms with Crippen LogP contribution in [0.25, 0.3) is 11.1 Å². The molecule has 2 amide bonds. The van der Waals surface area contributed by atoms with E-state index < -0.39 is 41.9 Å². The average molecular weight is 647 g/mol. The van der Waals surface area contributed by atoms with Crippen LogP contribution in [0.3, 0.4) is 0 Å². The van der Waals surface area contributed by atoms with Crippen LogP contribution < -0.4 is 0 Å². The molecule has 1 saturated heterocycles. The van der Waals surface area contributed by atoms with Gasteiger partial charge in [0.25, 0.3) is 0 Å². The zero-order chi connectivity index (χ0) is 33.5. The Kier molecular flexibility index (Phi) is 11.9. The van der Waals surface area contributed by atoms with Crippen LogP contribution in [0.5, 0.6) is 0 Å². The summed E-state index contributed by atoms with van der Waals surface area (Å²) in [7, 11) is -3.64. The summed E-state index contributed by atoms with van der Waals surface area (Å²) in [6.07, 6.45) is 3.84. The summed E-state index contributed by atoms with van der Waals surface area (Å²) in [5, 5.41) is 8.98. The number of unbranched alkanes of at least 4 members (excludes halogenated alkanes) is 1. The summed E-state index contributed by atoms with van der Waals surface area (Å²) < 4.78 is 30.9. The number of hydrogen-bond donors (Lipinski definition) is 1. The molecule has 2 heterocycles. The van der Waals surface area contributed by atoms with E-state index in [1.165, 1.54) is 6.33 Å². The van der Waals surface area contributed by atoms with E-state index in [1.54, 1.807) is 60.9 Å². The van der Waals surface area contributed by atoms with Crippen LogP contribution in [0.4, 0.5) is 9.59 Å². The van der Waals surface area contributed by atoms with Gasteiger partial charge in [0, 0.05) is 50.3 Å². The lowest BCUT2D eigenvalue weighted by molar-refractivity contribution is -0.141. The number of imide groups is 1. The first-order valence-corrected chi connectivity index (χ1v) is 17.1. The molecule has 1 aliphatic heterocycles. The quantitative estimate of drug-likeness (QED) is 0.212. The fraction of sp³-hybridized carbons (Fsp3) is 0.594. The van der Waals surface area contributed by atoms with E-state index in [9.17, 15) is 24.1 Å². The summed E-state index contributed by atoms with van der Waals surface area (Å²) in [6.45, 7) is 12.8. The maximum Gasteiger partial charge on any atom is 0.419 e. The topological polar surface area (TPSA) is 148 Å². The highest BCUT2D eigenvalue weighted by molar-refractivity contribution is 7.62. The van der Waals surface area contributed by atoms with Gasteiger partial charge in [0.1, 0.15) is 17.5 Å². The Morgan fingerprint density at radius 1 is 1.00 bits per heavy atom. The van der Waals surface area contributed by atoms with E-state index in [-0.39, 0.29) is 45.1 Å². The van der Waals surface area contributed by atoms with Crippen molar-refractivity contribution >= 4 is 25.5 Å². The number of rotatable bonds is 11. The van der Waals surface area contributed by atoms with Crippen molar-refractivity contribution in [1.82, 2.24) is 19.8 Å². The fourth-order valence-electron chi connectivity index (χ4n) is 5.34. The molecule has 1 aromatic carbocycles. The number of carbonyl (C=O) groups excluding carboxylic acids is 2. The van der Waals surface area contributed by atoms with Crippen LogP contribution in [0.1, 0.15) is 73.3 Å². The Bertz CT molecular complexity index is 1350. The average Bonchev–Trinajstić information content (AvgIpc) is 2.93. The van der Waals surface area contributed by atoms with Gasteiger partial charge in [-0.15, -0.1) is 0 Å². The second-order valence-corrected chi connectivity index (χ2v) is 16.1. The highest BCUT2D eigenvalue weighted by Crippen LogP contribution is 2.63. The number of carbonyl (C=O) groups is 3. The van der Waals surface area contributed by atoms with Crippen molar-refractivity contribution in [2.45, 2.75) is 90.6 Å². The number of carboxylic acids is 1. The highest BCUT2D eigenvalue weighted by atomic mass is 31.2. The molecule has 1 N–H and O–H groups in total. The first kappa shape index (κ1) is 36.1. The van der Waals surface area contributed by atoms with E-state index in [4.69, 9.17) is 14.0 Å². The van der Waals surface area contributed by atoms with Gasteiger partial charge in [-0.1, -0.05) is 24.3 Å². The Labute approximate surface area is 265 Å². The second kappa shape index (κ2) is 14.8. The number of aliphatic carboxylic acids is 1. The first-order chi connectivity index (χ1) is 21.0. The number of carboxylic acid groups (broad SMARTS) is 1. The Hall–Kier alpha value is -3.34. The van der Waals surface area contributed by atoms with Gasteiger partial charge in [0.15, 0.2) is 5.16 Å². The van der Waals surface area contributed by atoms with Gasteiger partial charge in [-0.3, -0.25) is 14.3 Å². The molecule has 1 aliphatic rings. The molecule has 2 atom stereocenters. The van der Waals surface area contributed by atoms with Crippen LogP contribution in [-0.4, -0.2) is 91.8 Å². The number of aromatic nitrogens is 2. The zero-order valence-corrected chi connectivity index (χ0v) is 28.3. The minimum absolute atomic E-state index is 0.0150.